The van der Waals surface area contributed by atoms with Gasteiger partial charge < -0.3 is 15.0 Å². The first-order valence-electron chi connectivity index (χ1n) is 7.47. The lowest BCUT2D eigenvalue weighted by Crippen LogP contribution is -2.27. The molecule has 1 N–H and O–H groups in total. The van der Waals surface area contributed by atoms with Gasteiger partial charge in [0.15, 0.2) is 5.75 Å². The minimum Gasteiger partial charge on any atom is -0.487 e. The molecule has 1 aliphatic carbocycles. The van der Waals surface area contributed by atoms with Crippen molar-refractivity contribution in [2.24, 2.45) is 0 Å². The van der Waals surface area contributed by atoms with Crippen LogP contribution < -0.4 is 10.1 Å². The molecule has 0 radical (unpaired) electrons. The molecule has 116 valence electrons. The Morgan fingerprint density at radius 3 is 2.86 bits per heavy atom. The molecule has 0 amide bonds. The van der Waals surface area contributed by atoms with Gasteiger partial charge in [0.05, 0.1) is 11.5 Å². The summed E-state index contributed by atoms with van der Waals surface area (Å²) in [6, 6.07) is 5.86. The molecule has 1 fully saturated rings. The van der Waals surface area contributed by atoms with Gasteiger partial charge in [-0.05, 0) is 38.4 Å². The fourth-order valence-electron chi connectivity index (χ4n) is 2.25. The third kappa shape index (κ3) is 4.32. The average molecular weight is 293 g/mol. The molecular weight excluding hydrogens is 270 g/mol. The van der Waals surface area contributed by atoms with Gasteiger partial charge in [-0.2, -0.15) is 0 Å². The molecule has 1 aromatic carbocycles. The Kier molecular flexibility index (Phi) is 5.38. The summed E-state index contributed by atoms with van der Waals surface area (Å²) in [5.74, 6) is 0.336. The van der Waals surface area contributed by atoms with Crippen molar-refractivity contribution >= 4 is 11.4 Å². The molecular formula is C15H23N3O3. The number of para-hydroxylation sites is 1. The minimum absolute atomic E-state index is 0.0278. The lowest BCUT2D eigenvalue weighted by molar-refractivity contribution is -0.385. The standard InChI is InChI=1S/C15H23N3O3/c1-3-11-21-14-6-4-5-13(15(14)18(19)20)16-9-10-17(2)12-7-8-12/h4-6,12,16H,3,7-11H2,1-2H3. The van der Waals surface area contributed by atoms with Gasteiger partial charge >= 0.3 is 5.69 Å². The van der Waals surface area contributed by atoms with E-state index >= 15 is 0 Å². The summed E-state index contributed by atoms with van der Waals surface area (Å²) in [4.78, 5) is 13.2. The lowest BCUT2D eigenvalue weighted by Gasteiger charge is -2.16. The Morgan fingerprint density at radius 2 is 2.24 bits per heavy atom. The maximum absolute atomic E-state index is 11.3. The average Bonchev–Trinajstić information content (AvgIpc) is 3.29. The largest absolute Gasteiger partial charge is 0.487 e. The molecule has 6 heteroatoms. The molecule has 1 saturated carbocycles. The van der Waals surface area contributed by atoms with E-state index in [9.17, 15) is 10.1 Å². The van der Waals surface area contributed by atoms with Crippen LogP contribution in [0.1, 0.15) is 26.2 Å². The van der Waals surface area contributed by atoms with Crippen molar-refractivity contribution < 1.29 is 9.66 Å². The van der Waals surface area contributed by atoms with Crippen molar-refractivity contribution in [2.75, 3.05) is 32.1 Å². The van der Waals surface area contributed by atoms with E-state index in [2.05, 4.69) is 17.3 Å². The SMILES string of the molecule is CCCOc1cccc(NCCN(C)C2CC2)c1[N+](=O)[O-]. The van der Waals surface area contributed by atoms with Crippen LogP contribution in [0.3, 0.4) is 0 Å². The molecule has 2 rings (SSSR count). The smallest absolute Gasteiger partial charge is 0.333 e. The summed E-state index contributed by atoms with van der Waals surface area (Å²) in [6.07, 6.45) is 3.34. The second-order valence-corrected chi connectivity index (χ2v) is 5.40. The van der Waals surface area contributed by atoms with Gasteiger partial charge in [0, 0.05) is 19.1 Å². The maximum atomic E-state index is 11.3. The third-order valence-corrected chi connectivity index (χ3v) is 3.59. The highest BCUT2D eigenvalue weighted by Crippen LogP contribution is 2.34. The Hall–Kier alpha value is -1.82. The number of benzene rings is 1. The van der Waals surface area contributed by atoms with Crippen LogP contribution in [0.5, 0.6) is 5.75 Å². The van der Waals surface area contributed by atoms with E-state index < -0.39 is 0 Å². The molecule has 0 atom stereocenters. The molecule has 6 nitrogen and oxygen atoms in total. The van der Waals surface area contributed by atoms with Gasteiger partial charge in [-0.1, -0.05) is 13.0 Å². The van der Waals surface area contributed by atoms with Gasteiger partial charge in [0.2, 0.25) is 0 Å². The molecule has 1 aliphatic rings. The molecule has 0 heterocycles. The summed E-state index contributed by atoms with van der Waals surface area (Å²) in [5, 5.41) is 14.5. The summed E-state index contributed by atoms with van der Waals surface area (Å²) >= 11 is 0. The van der Waals surface area contributed by atoms with E-state index in [0.29, 0.717) is 30.6 Å². The van der Waals surface area contributed by atoms with Crippen LogP contribution in [-0.2, 0) is 0 Å². The number of hydrogen-bond donors (Lipinski definition) is 1. The zero-order valence-corrected chi connectivity index (χ0v) is 12.7. The van der Waals surface area contributed by atoms with E-state index in [1.165, 1.54) is 12.8 Å². The van der Waals surface area contributed by atoms with Crippen LogP contribution in [0.4, 0.5) is 11.4 Å². The molecule has 0 unspecified atom stereocenters. The quantitative estimate of drug-likeness (QED) is 0.560. The van der Waals surface area contributed by atoms with Crippen molar-refractivity contribution in [1.82, 2.24) is 4.90 Å². The van der Waals surface area contributed by atoms with Crippen molar-refractivity contribution in [2.45, 2.75) is 32.2 Å². The van der Waals surface area contributed by atoms with Crippen molar-refractivity contribution in [3.8, 4) is 5.75 Å². The van der Waals surface area contributed by atoms with Crippen molar-refractivity contribution in [3.63, 3.8) is 0 Å². The number of nitro benzene ring substituents is 1. The number of nitrogens with one attached hydrogen (secondary N) is 1. The zero-order valence-electron chi connectivity index (χ0n) is 12.7. The highest BCUT2D eigenvalue weighted by molar-refractivity contribution is 5.68. The molecule has 0 saturated heterocycles. The maximum Gasteiger partial charge on any atom is 0.333 e. The lowest BCUT2D eigenvalue weighted by atomic mass is 10.2. The first-order valence-corrected chi connectivity index (χ1v) is 7.47. The highest BCUT2D eigenvalue weighted by atomic mass is 16.6. The Labute approximate surface area is 125 Å². The van der Waals surface area contributed by atoms with Gasteiger partial charge in [-0.25, -0.2) is 0 Å². The number of rotatable bonds is 9. The zero-order chi connectivity index (χ0) is 15.2. The van der Waals surface area contributed by atoms with Crippen LogP contribution in [0, 0.1) is 10.1 Å². The topological polar surface area (TPSA) is 67.6 Å². The van der Waals surface area contributed by atoms with E-state index in [1.807, 2.05) is 6.92 Å². The fourth-order valence-corrected chi connectivity index (χ4v) is 2.25. The number of nitro groups is 1. The summed E-state index contributed by atoms with van der Waals surface area (Å²) in [6.45, 7) is 4.02. The number of anilines is 1. The molecule has 0 spiro atoms. The fraction of sp³-hybridized carbons (Fsp3) is 0.600. The Balaban J connectivity index is 2.01. The predicted octanol–water partition coefficient (Wildman–Crippen LogP) is 2.89. The number of likely N-dealkylation sites (N-methyl/N-ethyl adjacent to an activating group) is 1. The van der Waals surface area contributed by atoms with Crippen LogP contribution in [0.2, 0.25) is 0 Å². The second-order valence-electron chi connectivity index (χ2n) is 5.40. The normalized spacial score (nSPS) is 14.2. The van der Waals surface area contributed by atoms with Crippen LogP contribution in [-0.4, -0.2) is 42.6 Å². The number of nitrogens with zero attached hydrogens (tertiary/aromatic N) is 2. The summed E-state index contributed by atoms with van der Waals surface area (Å²) in [7, 11) is 2.09. The van der Waals surface area contributed by atoms with E-state index in [0.717, 1.165) is 13.0 Å². The second kappa shape index (κ2) is 7.26. The van der Waals surface area contributed by atoms with Gasteiger partial charge in [-0.3, -0.25) is 10.1 Å². The number of hydrogen-bond acceptors (Lipinski definition) is 5. The molecule has 1 aromatic rings. The van der Waals surface area contributed by atoms with Gasteiger partial charge in [-0.15, -0.1) is 0 Å². The van der Waals surface area contributed by atoms with Crippen LogP contribution in [0.15, 0.2) is 18.2 Å². The Bertz CT molecular complexity index is 489. The molecule has 0 aromatic heterocycles. The number of ether oxygens (including phenoxy) is 1. The first-order chi connectivity index (χ1) is 10.1. The van der Waals surface area contributed by atoms with E-state index in [1.54, 1.807) is 18.2 Å². The third-order valence-electron chi connectivity index (χ3n) is 3.59. The van der Waals surface area contributed by atoms with Gasteiger partial charge in [0.25, 0.3) is 0 Å². The summed E-state index contributed by atoms with van der Waals surface area (Å²) in [5.41, 5.74) is 0.554. The van der Waals surface area contributed by atoms with E-state index in [4.69, 9.17) is 4.74 Å². The van der Waals surface area contributed by atoms with Crippen LogP contribution >= 0.6 is 0 Å². The van der Waals surface area contributed by atoms with Gasteiger partial charge in [0.1, 0.15) is 5.69 Å². The van der Waals surface area contributed by atoms with E-state index in [-0.39, 0.29) is 10.6 Å². The monoisotopic (exact) mass is 293 g/mol. The molecule has 0 aliphatic heterocycles. The van der Waals surface area contributed by atoms with Crippen molar-refractivity contribution in [3.05, 3.63) is 28.3 Å². The highest BCUT2D eigenvalue weighted by Gasteiger charge is 2.26. The summed E-state index contributed by atoms with van der Waals surface area (Å²) < 4.78 is 5.47. The predicted molar refractivity (Wildman–Crippen MR) is 83.0 cm³/mol. The van der Waals surface area contributed by atoms with Crippen LogP contribution in [0.25, 0.3) is 0 Å². The first kappa shape index (κ1) is 15.6. The van der Waals surface area contributed by atoms with Crippen molar-refractivity contribution in [1.29, 1.82) is 0 Å². The Morgan fingerprint density at radius 1 is 1.48 bits per heavy atom. The molecule has 21 heavy (non-hydrogen) atoms. The minimum atomic E-state index is -0.377. The molecule has 0 bridgehead atoms.